The summed E-state index contributed by atoms with van der Waals surface area (Å²) in [6.07, 6.45) is 4.47. The molecule has 5 nitrogen and oxygen atoms in total. The average Bonchev–Trinajstić information content (AvgIpc) is 2.99. The van der Waals surface area contributed by atoms with Gasteiger partial charge in [0.15, 0.2) is 0 Å². The number of hydrogen-bond acceptors (Lipinski definition) is 4. The first kappa shape index (κ1) is 11.9. The molecule has 5 heteroatoms. The van der Waals surface area contributed by atoms with Crippen molar-refractivity contribution in [2.45, 2.75) is 50.2 Å². The van der Waals surface area contributed by atoms with Gasteiger partial charge in [-0.25, -0.2) is 0 Å². The number of nitriles is 1. The summed E-state index contributed by atoms with van der Waals surface area (Å²) >= 11 is 0. The van der Waals surface area contributed by atoms with Gasteiger partial charge in [0.05, 0.1) is 18.7 Å². The van der Waals surface area contributed by atoms with Gasteiger partial charge in [-0.1, -0.05) is 6.42 Å². The lowest BCUT2D eigenvalue weighted by atomic mass is 9.64. The first-order valence-electron chi connectivity index (χ1n) is 6.71. The number of rotatable bonds is 3. The highest BCUT2D eigenvalue weighted by Crippen LogP contribution is 2.49. The van der Waals surface area contributed by atoms with Crippen LogP contribution in [0.25, 0.3) is 0 Å². The zero-order valence-electron chi connectivity index (χ0n) is 10.4. The number of likely N-dealkylation sites (tertiary alicyclic amines) is 1. The van der Waals surface area contributed by atoms with Crippen LogP contribution in [0.1, 0.15) is 32.1 Å². The van der Waals surface area contributed by atoms with Crippen molar-refractivity contribution in [3.05, 3.63) is 0 Å². The van der Waals surface area contributed by atoms with E-state index in [1.54, 1.807) is 4.90 Å². The molecule has 1 heterocycles. The first-order chi connectivity index (χ1) is 8.63. The van der Waals surface area contributed by atoms with Crippen molar-refractivity contribution < 1.29 is 9.90 Å². The molecule has 2 aliphatic carbocycles. The fraction of sp³-hybridized carbons (Fsp3) is 0.846. The van der Waals surface area contributed by atoms with Gasteiger partial charge >= 0.3 is 0 Å². The van der Waals surface area contributed by atoms with E-state index in [4.69, 9.17) is 11.0 Å². The third kappa shape index (κ3) is 1.49. The van der Waals surface area contributed by atoms with Gasteiger partial charge in [0.2, 0.25) is 5.91 Å². The van der Waals surface area contributed by atoms with Gasteiger partial charge in [0.1, 0.15) is 6.04 Å². The zero-order valence-corrected chi connectivity index (χ0v) is 10.4. The largest absolute Gasteiger partial charge is 0.396 e. The number of aliphatic hydroxyl groups is 1. The van der Waals surface area contributed by atoms with E-state index in [9.17, 15) is 9.90 Å². The molecule has 0 bridgehead atoms. The Morgan fingerprint density at radius 3 is 2.78 bits per heavy atom. The molecule has 1 aliphatic heterocycles. The number of carbonyl (C=O) groups is 1. The molecule has 1 saturated heterocycles. The van der Waals surface area contributed by atoms with Crippen LogP contribution >= 0.6 is 0 Å². The molecule has 0 aromatic rings. The number of amides is 1. The molecule has 3 N–H and O–H groups in total. The highest BCUT2D eigenvalue weighted by molar-refractivity contribution is 5.84. The average molecular weight is 249 g/mol. The summed E-state index contributed by atoms with van der Waals surface area (Å²) in [7, 11) is 0. The van der Waals surface area contributed by atoms with Crippen molar-refractivity contribution in [2.24, 2.45) is 17.1 Å². The van der Waals surface area contributed by atoms with Crippen LogP contribution in [0.4, 0.5) is 0 Å². The fourth-order valence-electron chi connectivity index (χ4n) is 3.51. The summed E-state index contributed by atoms with van der Waals surface area (Å²) in [5.74, 6) is 0.387. The Morgan fingerprint density at radius 2 is 2.28 bits per heavy atom. The predicted octanol–water partition coefficient (Wildman–Crippen LogP) is -0.0107. The van der Waals surface area contributed by atoms with Crippen LogP contribution in [0.3, 0.4) is 0 Å². The molecule has 0 spiro atoms. The maximum Gasteiger partial charge on any atom is 0.241 e. The maximum atomic E-state index is 12.5. The zero-order chi connectivity index (χ0) is 12.9. The van der Waals surface area contributed by atoms with Gasteiger partial charge < -0.3 is 15.7 Å². The number of aliphatic hydroxyl groups excluding tert-OH is 1. The fourth-order valence-corrected chi connectivity index (χ4v) is 3.51. The van der Waals surface area contributed by atoms with Gasteiger partial charge in [0.25, 0.3) is 0 Å². The maximum absolute atomic E-state index is 12.5. The van der Waals surface area contributed by atoms with Gasteiger partial charge in [-0.2, -0.15) is 5.26 Å². The molecule has 3 aliphatic rings. The second-order valence-corrected chi connectivity index (χ2v) is 6.04. The minimum absolute atomic E-state index is 0.0287. The number of carbonyl (C=O) groups excluding carboxylic acids is 1. The lowest BCUT2D eigenvalue weighted by molar-refractivity contribution is -0.140. The van der Waals surface area contributed by atoms with Gasteiger partial charge in [-0.15, -0.1) is 0 Å². The summed E-state index contributed by atoms with van der Waals surface area (Å²) in [5.41, 5.74) is 5.66. The summed E-state index contributed by atoms with van der Waals surface area (Å²) in [5, 5.41) is 18.6. The molecular weight excluding hydrogens is 230 g/mol. The van der Waals surface area contributed by atoms with Gasteiger partial charge in [-0.3, -0.25) is 4.79 Å². The van der Waals surface area contributed by atoms with Crippen molar-refractivity contribution in [1.82, 2.24) is 4.90 Å². The minimum Gasteiger partial charge on any atom is -0.396 e. The predicted molar refractivity (Wildman–Crippen MR) is 64.1 cm³/mol. The van der Waals surface area contributed by atoms with Crippen molar-refractivity contribution in [2.75, 3.05) is 6.61 Å². The standard InChI is InChI=1S/C13H19N3O2/c14-6-9-4-8-5-10(8)16(9)12(18)11(15)13(7-17)2-1-3-13/h8-11,17H,1-5,7,15H2/t8-,9+,10+,11-/m1/s1. The topological polar surface area (TPSA) is 90.4 Å². The highest BCUT2D eigenvalue weighted by Gasteiger charge is 2.57. The Kier molecular flexibility index (Phi) is 2.61. The van der Waals surface area contributed by atoms with Crippen LogP contribution in [-0.4, -0.2) is 40.6 Å². The summed E-state index contributed by atoms with van der Waals surface area (Å²) in [6.45, 7) is -0.0287. The summed E-state index contributed by atoms with van der Waals surface area (Å²) in [4.78, 5) is 14.2. The molecule has 4 atom stereocenters. The molecule has 3 rings (SSSR count). The van der Waals surface area contributed by atoms with Gasteiger partial charge in [-0.05, 0) is 31.6 Å². The first-order valence-corrected chi connectivity index (χ1v) is 6.71. The third-order valence-electron chi connectivity index (χ3n) is 5.10. The van der Waals surface area contributed by atoms with E-state index in [0.29, 0.717) is 5.92 Å². The smallest absolute Gasteiger partial charge is 0.241 e. The van der Waals surface area contributed by atoms with E-state index in [0.717, 1.165) is 32.1 Å². The monoisotopic (exact) mass is 249 g/mol. The van der Waals surface area contributed by atoms with E-state index in [-0.39, 0.29) is 24.6 Å². The highest BCUT2D eigenvalue weighted by atomic mass is 16.3. The molecule has 0 unspecified atom stereocenters. The van der Waals surface area contributed by atoms with E-state index in [1.165, 1.54) is 0 Å². The number of hydrogen-bond donors (Lipinski definition) is 2. The van der Waals surface area contributed by atoms with E-state index in [1.807, 2.05) is 0 Å². The number of piperidine rings is 1. The van der Waals surface area contributed by atoms with Crippen LogP contribution in [0.5, 0.6) is 0 Å². The minimum atomic E-state index is -0.647. The van der Waals surface area contributed by atoms with Crippen LogP contribution < -0.4 is 5.73 Å². The summed E-state index contributed by atoms with van der Waals surface area (Å²) in [6, 6.07) is 1.49. The SMILES string of the molecule is N#C[C@@H]1C[C@@H]2C[C@@H]2N1C(=O)[C@@H](N)C1(CO)CCC1. The lowest BCUT2D eigenvalue weighted by Crippen LogP contribution is -2.59. The Hall–Kier alpha value is -1.12. The Balaban J connectivity index is 1.76. The second-order valence-electron chi connectivity index (χ2n) is 6.04. The van der Waals surface area contributed by atoms with E-state index < -0.39 is 11.5 Å². The van der Waals surface area contributed by atoms with Crippen LogP contribution in [0.2, 0.25) is 0 Å². The molecule has 1 amide bonds. The molecule has 3 fully saturated rings. The molecule has 98 valence electrons. The van der Waals surface area contributed by atoms with E-state index >= 15 is 0 Å². The molecule has 2 saturated carbocycles. The van der Waals surface area contributed by atoms with Crippen LogP contribution in [0, 0.1) is 22.7 Å². The third-order valence-corrected chi connectivity index (χ3v) is 5.10. The van der Waals surface area contributed by atoms with Crippen LogP contribution in [0.15, 0.2) is 0 Å². The van der Waals surface area contributed by atoms with Crippen LogP contribution in [-0.2, 0) is 4.79 Å². The van der Waals surface area contributed by atoms with Crippen molar-refractivity contribution in [3.63, 3.8) is 0 Å². The normalized spacial score (nSPS) is 37.4. The molecule has 0 aromatic heterocycles. The van der Waals surface area contributed by atoms with Crippen molar-refractivity contribution in [3.8, 4) is 6.07 Å². The second kappa shape index (κ2) is 3.94. The van der Waals surface area contributed by atoms with Crippen molar-refractivity contribution in [1.29, 1.82) is 5.26 Å². The van der Waals surface area contributed by atoms with E-state index in [2.05, 4.69) is 6.07 Å². The molecule has 18 heavy (non-hydrogen) atoms. The molecular formula is C13H19N3O2. The lowest BCUT2D eigenvalue weighted by Gasteiger charge is -2.45. The Labute approximate surface area is 107 Å². The van der Waals surface area contributed by atoms with Gasteiger partial charge in [0, 0.05) is 11.5 Å². The quantitative estimate of drug-likeness (QED) is 0.736. The summed E-state index contributed by atoms with van der Waals surface area (Å²) < 4.78 is 0. The number of nitrogens with zero attached hydrogens (tertiary/aromatic N) is 2. The number of nitrogens with two attached hydrogens (primary N) is 1. The molecule has 0 aromatic carbocycles. The number of fused-ring (bicyclic) bond motifs is 1. The molecule has 0 radical (unpaired) electrons. The van der Waals surface area contributed by atoms with Crippen molar-refractivity contribution >= 4 is 5.91 Å². The Morgan fingerprint density at radius 1 is 1.56 bits per heavy atom. The Bertz CT molecular complexity index is 407.